The summed E-state index contributed by atoms with van der Waals surface area (Å²) in [4.78, 5) is 0. The molecule has 2 aromatic carbocycles. The lowest BCUT2D eigenvalue weighted by atomic mass is 10.3. The molecule has 2 aromatic rings. The van der Waals surface area contributed by atoms with E-state index in [9.17, 15) is 8.42 Å². The zero-order valence-electron chi connectivity index (χ0n) is 9.50. The van der Waals surface area contributed by atoms with Crippen molar-refractivity contribution in [3.8, 4) is 0 Å². The second-order valence-corrected chi connectivity index (χ2v) is 5.11. The van der Waals surface area contributed by atoms with Crippen LogP contribution in [0.25, 0.3) is 0 Å². The first-order valence-corrected chi connectivity index (χ1v) is 6.75. The highest BCUT2D eigenvalue weighted by molar-refractivity contribution is 7.94. The second-order valence-electron chi connectivity index (χ2n) is 3.70. The molecular formula is C12H13N3O2S. The van der Waals surface area contributed by atoms with Crippen LogP contribution in [0.4, 0.5) is 17.1 Å². The Morgan fingerprint density at radius 1 is 0.778 bits per heavy atom. The summed E-state index contributed by atoms with van der Waals surface area (Å²) in [6.07, 6.45) is 0. The minimum atomic E-state index is -3.64. The van der Waals surface area contributed by atoms with Gasteiger partial charge in [-0.2, -0.15) is 8.42 Å². The van der Waals surface area contributed by atoms with Gasteiger partial charge in [-0.1, -0.05) is 18.2 Å². The monoisotopic (exact) mass is 263 g/mol. The van der Waals surface area contributed by atoms with Gasteiger partial charge in [0.25, 0.3) is 0 Å². The van der Waals surface area contributed by atoms with Crippen LogP contribution < -0.4 is 15.2 Å². The van der Waals surface area contributed by atoms with Crippen LogP contribution in [0.2, 0.25) is 0 Å². The molecule has 0 spiro atoms. The summed E-state index contributed by atoms with van der Waals surface area (Å²) in [5.74, 6) is 0. The Bertz CT molecular complexity index is 610. The van der Waals surface area contributed by atoms with Crippen molar-refractivity contribution >= 4 is 27.3 Å². The van der Waals surface area contributed by atoms with Crippen molar-refractivity contribution in [2.75, 3.05) is 15.2 Å². The number of anilines is 3. The van der Waals surface area contributed by atoms with Crippen LogP contribution in [0.15, 0.2) is 54.6 Å². The number of nitrogens with one attached hydrogen (secondary N) is 2. The standard InChI is InChI=1S/C12H13N3O2S/c13-10-6-8-12(9-7-10)15-18(16,17)14-11-4-2-1-3-5-11/h1-9,14-15H,13H2. The van der Waals surface area contributed by atoms with Gasteiger partial charge in [-0.3, -0.25) is 9.44 Å². The number of hydrogen-bond acceptors (Lipinski definition) is 3. The summed E-state index contributed by atoms with van der Waals surface area (Å²) in [6, 6.07) is 15.1. The fourth-order valence-corrected chi connectivity index (χ4v) is 2.34. The molecule has 4 N–H and O–H groups in total. The quantitative estimate of drug-likeness (QED) is 0.738. The topological polar surface area (TPSA) is 84.2 Å². The van der Waals surface area contributed by atoms with Crippen LogP contribution in [0, 0.1) is 0 Å². The molecule has 0 saturated heterocycles. The molecule has 6 heteroatoms. The number of hydrogen-bond donors (Lipinski definition) is 3. The molecule has 0 fully saturated rings. The molecule has 0 heterocycles. The Morgan fingerprint density at radius 2 is 1.28 bits per heavy atom. The third-order valence-electron chi connectivity index (χ3n) is 2.19. The first kappa shape index (κ1) is 12.3. The highest BCUT2D eigenvalue weighted by atomic mass is 32.2. The smallest absolute Gasteiger partial charge is 0.321 e. The summed E-state index contributed by atoms with van der Waals surface area (Å²) >= 11 is 0. The van der Waals surface area contributed by atoms with Gasteiger partial charge in [0.05, 0.1) is 11.4 Å². The molecular weight excluding hydrogens is 250 g/mol. The van der Waals surface area contributed by atoms with Crippen LogP contribution >= 0.6 is 0 Å². The van der Waals surface area contributed by atoms with E-state index in [4.69, 9.17) is 5.73 Å². The lowest BCUT2D eigenvalue weighted by Crippen LogP contribution is -2.21. The van der Waals surface area contributed by atoms with E-state index in [-0.39, 0.29) is 0 Å². The molecule has 0 atom stereocenters. The number of nitrogens with two attached hydrogens (primary N) is 1. The molecule has 5 nitrogen and oxygen atoms in total. The third kappa shape index (κ3) is 3.39. The van der Waals surface area contributed by atoms with Crippen LogP contribution in [0.5, 0.6) is 0 Å². The Balaban J connectivity index is 2.10. The van der Waals surface area contributed by atoms with Crippen LogP contribution in [0.3, 0.4) is 0 Å². The van der Waals surface area contributed by atoms with E-state index in [1.165, 1.54) is 0 Å². The summed E-state index contributed by atoms with van der Waals surface area (Å²) in [5, 5.41) is 0. The Morgan fingerprint density at radius 3 is 1.83 bits per heavy atom. The molecule has 0 unspecified atom stereocenters. The van der Waals surface area contributed by atoms with Crippen molar-refractivity contribution in [3.05, 3.63) is 54.6 Å². The van der Waals surface area contributed by atoms with E-state index in [2.05, 4.69) is 9.44 Å². The first-order valence-electron chi connectivity index (χ1n) is 5.26. The molecule has 0 aliphatic rings. The number of benzene rings is 2. The molecule has 94 valence electrons. The maximum absolute atomic E-state index is 11.8. The van der Waals surface area contributed by atoms with Crippen LogP contribution in [0.1, 0.15) is 0 Å². The zero-order chi connectivity index (χ0) is 13.0. The fraction of sp³-hybridized carbons (Fsp3) is 0. The Hall–Kier alpha value is -2.21. The molecule has 0 aromatic heterocycles. The molecule has 18 heavy (non-hydrogen) atoms. The summed E-state index contributed by atoms with van der Waals surface area (Å²) in [7, 11) is -3.64. The average Bonchev–Trinajstić information content (AvgIpc) is 2.32. The molecule has 0 bridgehead atoms. The molecule has 2 rings (SSSR count). The van der Waals surface area contributed by atoms with E-state index in [1.54, 1.807) is 48.5 Å². The third-order valence-corrected chi connectivity index (χ3v) is 3.20. The predicted octanol–water partition coefficient (Wildman–Crippen LogP) is 2.04. The maximum atomic E-state index is 11.8. The van der Waals surface area contributed by atoms with Crippen molar-refractivity contribution in [1.29, 1.82) is 0 Å². The van der Waals surface area contributed by atoms with Crippen LogP contribution in [-0.2, 0) is 10.2 Å². The van der Waals surface area contributed by atoms with Crippen molar-refractivity contribution in [2.24, 2.45) is 0 Å². The highest BCUT2D eigenvalue weighted by Crippen LogP contribution is 2.14. The van der Waals surface area contributed by atoms with Crippen molar-refractivity contribution in [1.82, 2.24) is 0 Å². The van der Waals surface area contributed by atoms with Gasteiger partial charge >= 0.3 is 10.2 Å². The molecule has 0 saturated carbocycles. The maximum Gasteiger partial charge on any atom is 0.321 e. The van der Waals surface area contributed by atoms with Gasteiger partial charge in [0.1, 0.15) is 0 Å². The average molecular weight is 263 g/mol. The summed E-state index contributed by atoms with van der Waals surface area (Å²) in [5.41, 5.74) is 7.05. The minimum absolute atomic E-state index is 0.452. The van der Waals surface area contributed by atoms with Gasteiger partial charge in [-0.05, 0) is 36.4 Å². The Kier molecular flexibility index (Phi) is 3.38. The van der Waals surface area contributed by atoms with Gasteiger partial charge < -0.3 is 5.73 Å². The summed E-state index contributed by atoms with van der Waals surface area (Å²) in [6.45, 7) is 0. The SMILES string of the molecule is Nc1ccc(NS(=O)(=O)Nc2ccccc2)cc1. The number of para-hydroxylation sites is 1. The second kappa shape index (κ2) is 4.97. The van der Waals surface area contributed by atoms with E-state index >= 15 is 0 Å². The van der Waals surface area contributed by atoms with E-state index in [1.807, 2.05) is 6.07 Å². The van der Waals surface area contributed by atoms with Crippen molar-refractivity contribution in [2.45, 2.75) is 0 Å². The van der Waals surface area contributed by atoms with Crippen molar-refractivity contribution in [3.63, 3.8) is 0 Å². The highest BCUT2D eigenvalue weighted by Gasteiger charge is 2.09. The van der Waals surface area contributed by atoms with Gasteiger partial charge in [0.2, 0.25) is 0 Å². The van der Waals surface area contributed by atoms with Gasteiger partial charge in [-0.25, -0.2) is 0 Å². The number of nitrogen functional groups attached to an aromatic ring is 1. The zero-order valence-corrected chi connectivity index (χ0v) is 10.3. The normalized spacial score (nSPS) is 10.9. The molecule has 0 amide bonds. The molecule has 0 aliphatic heterocycles. The van der Waals surface area contributed by atoms with Crippen molar-refractivity contribution < 1.29 is 8.42 Å². The largest absolute Gasteiger partial charge is 0.399 e. The Labute approximate surface area is 106 Å². The van der Waals surface area contributed by atoms with E-state index in [0.717, 1.165) is 0 Å². The first-order chi connectivity index (χ1) is 8.55. The van der Waals surface area contributed by atoms with Crippen LogP contribution in [-0.4, -0.2) is 8.42 Å². The van der Waals surface area contributed by atoms with E-state index < -0.39 is 10.2 Å². The predicted molar refractivity (Wildman–Crippen MR) is 73.5 cm³/mol. The molecule has 0 aliphatic carbocycles. The lowest BCUT2D eigenvalue weighted by molar-refractivity contribution is 0.606. The van der Waals surface area contributed by atoms with Gasteiger partial charge in [0, 0.05) is 5.69 Å². The lowest BCUT2D eigenvalue weighted by Gasteiger charge is -2.10. The minimum Gasteiger partial charge on any atom is -0.399 e. The number of rotatable bonds is 4. The van der Waals surface area contributed by atoms with Gasteiger partial charge in [-0.15, -0.1) is 0 Å². The van der Waals surface area contributed by atoms with Gasteiger partial charge in [0.15, 0.2) is 0 Å². The summed E-state index contributed by atoms with van der Waals surface area (Å²) < 4.78 is 28.4. The van der Waals surface area contributed by atoms with E-state index in [0.29, 0.717) is 17.1 Å². The fourth-order valence-electron chi connectivity index (χ4n) is 1.39. The molecule has 0 radical (unpaired) electrons.